The van der Waals surface area contributed by atoms with Crippen molar-refractivity contribution in [1.29, 1.82) is 0 Å². The molecular weight excluding hydrogens is 470 g/mol. The minimum Gasteiger partial charge on any atom is -0.444 e. The van der Waals surface area contributed by atoms with E-state index in [4.69, 9.17) is 4.74 Å². The predicted molar refractivity (Wildman–Crippen MR) is 149 cm³/mol. The van der Waals surface area contributed by atoms with E-state index >= 15 is 0 Å². The molecule has 0 bridgehead atoms. The van der Waals surface area contributed by atoms with Crippen molar-refractivity contribution in [3.8, 4) is 0 Å². The lowest BCUT2D eigenvalue weighted by atomic mass is 9.66. The summed E-state index contributed by atoms with van der Waals surface area (Å²) < 4.78 is 8.89. The van der Waals surface area contributed by atoms with Crippen LogP contribution in [0.2, 0.25) is 0 Å². The SMILES string of the molecule is CSNC(=O)CC(C)(C)C1CCCCC1N(C(=O)OC(C)(C)C)C1CCN(Cc2ccccc2)CC1. The number of likely N-dealkylation sites (tertiary alicyclic amines) is 1. The van der Waals surface area contributed by atoms with E-state index in [1.807, 2.05) is 27.0 Å². The number of ether oxygens (including phenoxy) is 1. The zero-order valence-corrected chi connectivity index (χ0v) is 24.0. The summed E-state index contributed by atoms with van der Waals surface area (Å²) in [6.07, 6.45) is 8.32. The van der Waals surface area contributed by atoms with E-state index in [1.165, 1.54) is 17.5 Å². The van der Waals surface area contributed by atoms with Gasteiger partial charge in [0.2, 0.25) is 5.91 Å². The first-order valence-electron chi connectivity index (χ1n) is 13.6. The fourth-order valence-corrected chi connectivity index (χ4v) is 6.42. The Bertz CT molecular complexity index is 847. The van der Waals surface area contributed by atoms with Gasteiger partial charge in [-0.25, -0.2) is 4.79 Å². The van der Waals surface area contributed by atoms with Crippen LogP contribution in [-0.2, 0) is 16.1 Å². The van der Waals surface area contributed by atoms with Gasteiger partial charge >= 0.3 is 6.09 Å². The van der Waals surface area contributed by atoms with Crippen molar-refractivity contribution in [2.24, 2.45) is 11.3 Å². The average Bonchev–Trinajstić information content (AvgIpc) is 2.80. The van der Waals surface area contributed by atoms with Crippen LogP contribution in [0.15, 0.2) is 30.3 Å². The van der Waals surface area contributed by atoms with E-state index < -0.39 is 5.60 Å². The molecule has 1 aromatic rings. The molecule has 2 fully saturated rings. The third-order valence-corrected chi connectivity index (χ3v) is 8.16. The number of benzene rings is 1. The number of carbonyl (C=O) groups excluding carboxylic acids is 2. The molecule has 3 rings (SSSR count). The lowest BCUT2D eigenvalue weighted by Gasteiger charge is -2.50. The lowest BCUT2D eigenvalue weighted by Crippen LogP contribution is -2.57. The third-order valence-electron chi connectivity index (χ3n) is 7.73. The smallest absolute Gasteiger partial charge is 0.410 e. The second-order valence-electron chi connectivity index (χ2n) is 12.2. The summed E-state index contributed by atoms with van der Waals surface area (Å²) in [5, 5.41) is 0. The molecule has 2 amide bonds. The molecule has 1 aromatic carbocycles. The van der Waals surface area contributed by atoms with Crippen LogP contribution in [-0.4, -0.2) is 58.8 Å². The van der Waals surface area contributed by atoms with Crippen LogP contribution in [0.3, 0.4) is 0 Å². The maximum Gasteiger partial charge on any atom is 0.410 e. The molecule has 1 saturated heterocycles. The van der Waals surface area contributed by atoms with Gasteiger partial charge in [-0.1, -0.05) is 69.0 Å². The fraction of sp³-hybridized carbons (Fsp3) is 0.724. The highest BCUT2D eigenvalue weighted by Crippen LogP contribution is 2.44. The van der Waals surface area contributed by atoms with Gasteiger partial charge in [-0.15, -0.1) is 0 Å². The second-order valence-corrected chi connectivity index (χ2v) is 12.8. The standard InChI is InChI=1S/C29H47N3O3S/c1-28(2,3)35-27(34)32(23-16-18-31(19-17-23)21-22-12-8-7-9-13-22)25-15-11-10-14-24(25)29(4,5)20-26(33)30-36-6/h7-9,12-13,23-25H,10-11,14-21H2,1-6H3,(H,30,33). The monoisotopic (exact) mass is 517 g/mol. The summed E-state index contributed by atoms with van der Waals surface area (Å²) in [4.78, 5) is 30.9. The molecule has 0 radical (unpaired) electrons. The molecule has 202 valence electrons. The summed E-state index contributed by atoms with van der Waals surface area (Å²) in [7, 11) is 0. The molecular formula is C29H47N3O3S. The van der Waals surface area contributed by atoms with Crippen molar-refractivity contribution in [3.05, 3.63) is 35.9 Å². The van der Waals surface area contributed by atoms with E-state index in [0.29, 0.717) is 6.42 Å². The highest BCUT2D eigenvalue weighted by molar-refractivity contribution is 7.97. The number of nitrogens with one attached hydrogen (secondary N) is 1. The number of rotatable bonds is 8. The van der Waals surface area contributed by atoms with E-state index in [9.17, 15) is 9.59 Å². The van der Waals surface area contributed by atoms with Gasteiger partial charge in [0.15, 0.2) is 0 Å². The van der Waals surface area contributed by atoms with Crippen molar-refractivity contribution in [1.82, 2.24) is 14.5 Å². The Hall–Kier alpha value is -1.73. The van der Waals surface area contributed by atoms with Gasteiger partial charge in [-0.05, 0) is 63.4 Å². The fourth-order valence-electron chi connectivity index (χ4n) is 6.12. The first-order chi connectivity index (χ1) is 17.0. The Morgan fingerprint density at radius 3 is 2.28 bits per heavy atom. The Labute approximate surface area is 223 Å². The van der Waals surface area contributed by atoms with E-state index in [2.05, 4.69) is 58.7 Å². The predicted octanol–water partition coefficient (Wildman–Crippen LogP) is 6.26. The lowest BCUT2D eigenvalue weighted by molar-refractivity contribution is -0.122. The number of hydrogen-bond donors (Lipinski definition) is 1. The van der Waals surface area contributed by atoms with Crippen LogP contribution in [0.5, 0.6) is 0 Å². The number of carbonyl (C=O) groups is 2. The van der Waals surface area contributed by atoms with Gasteiger partial charge in [-0.3, -0.25) is 9.69 Å². The maximum absolute atomic E-state index is 13.7. The van der Waals surface area contributed by atoms with Crippen LogP contribution >= 0.6 is 11.9 Å². The van der Waals surface area contributed by atoms with Gasteiger partial charge in [-0.2, -0.15) is 0 Å². The summed E-state index contributed by atoms with van der Waals surface area (Å²) in [6, 6.07) is 10.9. The zero-order valence-electron chi connectivity index (χ0n) is 23.2. The quantitative estimate of drug-likeness (QED) is 0.413. The maximum atomic E-state index is 13.7. The Morgan fingerprint density at radius 2 is 1.67 bits per heavy atom. The third kappa shape index (κ3) is 8.14. The van der Waals surface area contributed by atoms with Crippen molar-refractivity contribution in [2.75, 3.05) is 19.3 Å². The van der Waals surface area contributed by atoms with E-state index in [1.54, 1.807) is 0 Å². The van der Waals surface area contributed by atoms with Crippen LogP contribution < -0.4 is 4.72 Å². The molecule has 1 aliphatic carbocycles. The van der Waals surface area contributed by atoms with Crippen molar-refractivity contribution in [2.45, 2.75) is 104 Å². The Kier molecular flexibility index (Phi) is 10.2. The molecule has 0 spiro atoms. The molecule has 1 N–H and O–H groups in total. The number of hydrogen-bond acceptors (Lipinski definition) is 5. The Balaban J connectivity index is 1.79. The summed E-state index contributed by atoms with van der Waals surface area (Å²) >= 11 is 1.35. The van der Waals surface area contributed by atoms with E-state index in [-0.39, 0.29) is 35.4 Å². The topological polar surface area (TPSA) is 61.9 Å². The minimum absolute atomic E-state index is 0.0647. The largest absolute Gasteiger partial charge is 0.444 e. The molecule has 1 heterocycles. The van der Waals surface area contributed by atoms with Crippen molar-refractivity contribution >= 4 is 23.9 Å². The summed E-state index contributed by atoms with van der Waals surface area (Å²) in [6.45, 7) is 13.1. The summed E-state index contributed by atoms with van der Waals surface area (Å²) in [5.74, 6) is 0.323. The van der Waals surface area contributed by atoms with Crippen molar-refractivity contribution in [3.63, 3.8) is 0 Å². The minimum atomic E-state index is -0.540. The molecule has 2 unspecified atom stereocenters. The second kappa shape index (κ2) is 12.7. The van der Waals surface area contributed by atoms with Crippen LogP contribution in [0.4, 0.5) is 4.79 Å². The Morgan fingerprint density at radius 1 is 1.03 bits per heavy atom. The van der Waals surface area contributed by atoms with E-state index in [0.717, 1.165) is 58.2 Å². The molecule has 36 heavy (non-hydrogen) atoms. The normalized spacial score (nSPS) is 22.2. The highest BCUT2D eigenvalue weighted by Gasteiger charge is 2.45. The molecule has 2 aliphatic rings. The average molecular weight is 518 g/mol. The van der Waals surface area contributed by atoms with Crippen LogP contribution in [0, 0.1) is 11.3 Å². The molecule has 6 nitrogen and oxygen atoms in total. The zero-order chi connectivity index (χ0) is 26.3. The molecule has 1 saturated carbocycles. The summed E-state index contributed by atoms with van der Waals surface area (Å²) in [5.41, 5.74) is 0.582. The van der Waals surface area contributed by atoms with Gasteiger partial charge in [0.25, 0.3) is 0 Å². The first-order valence-corrected chi connectivity index (χ1v) is 14.8. The highest BCUT2D eigenvalue weighted by atomic mass is 32.2. The first kappa shape index (κ1) is 28.8. The molecule has 0 aromatic heterocycles. The number of nitrogens with zero attached hydrogens (tertiary/aromatic N) is 2. The van der Waals surface area contributed by atoms with Gasteiger partial charge < -0.3 is 14.4 Å². The van der Waals surface area contributed by atoms with Gasteiger partial charge in [0.05, 0.1) is 0 Å². The van der Waals surface area contributed by atoms with Crippen LogP contribution in [0.1, 0.15) is 85.1 Å². The number of piperidine rings is 1. The van der Waals surface area contributed by atoms with Gasteiger partial charge in [0.1, 0.15) is 5.60 Å². The molecule has 7 heteroatoms. The number of amides is 2. The van der Waals surface area contributed by atoms with Crippen molar-refractivity contribution < 1.29 is 14.3 Å². The molecule has 1 aliphatic heterocycles. The molecule has 2 atom stereocenters. The van der Waals surface area contributed by atoms with Crippen LogP contribution in [0.25, 0.3) is 0 Å². The van der Waals surface area contributed by atoms with Gasteiger partial charge in [0, 0.05) is 44.4 Å².